The number of rotatable bonds is 10. The molecule has 0 spiro atoms. The fourth-order valence-electron chi connectivity index (χ4n) is 5.93. The van der Waals surface area contributed by atoms with Gasteiger partial charge in [-0.1, -0.05) is 37.1 Å². The minimum atomic E-state index is -0.596. The zero-order valence-electron chi connectivity index (χ0n) is 25.5. The Balaban J connectivity index is 1.32. The van der Waals surface area contributed by atoms with Gasteiger partial charge in [-0.25, -0.2) is 4.39 Å². The van der Waals surface area contributed by atoms with Gasteiger partial charge in [0, 0.05) is 43.3 Å². The van der Waals surface area contributed by atoms with Crippen LogP contribution in [0.5, 0.6) is 5.75 Å². The van der Waals surface area contributed by atoms with Crippen molar-refractivity contribution in [2.75, 3.05) is 68.5 Å². The van der Waals surface area contributed by atoms with Gasteiger partial charge in [-0.15, -0.1) is 0 Å². The summed E-state index contributed by atoms with van der Waals surface area (Å²) in [5.74, 6) is -0.745. The molecule has 3 aromatic carbocycles. The average molecular weight is 622 g/mol. The summed E-state index contributed by atoms with van der Waals surface area (Å²) >= 11 is 5.94. The highest BCUT2D eigenvalue weighted by atomic mass is 35.5. The van der Waals surface area contributed by atoms with E-state index in [9.17, 15) is 14.0 Å². The number of benzene rings is 3. The standard InChI is InChI=1S/C34H41ClFN5O3/c1-3-40-16-7-6-8-26(40)15-21-44-32-10-5-4-9-29(32)37-34(43)25-12-14-31(41-19-17-39(2)18-20-41)30(23-25)38-33(42)24-11-13-28(36)27(35)22-24/h4-5,9-14,22-23,26H,3,6-8,15-21H2,1-2H3,(H,37,43)(H,38,42)/t26-/m1/s1. The summed E-state index contributed by atoms with van der Waals surface area (Å²) in [7, 11) is 2.07. The molecule has 5 rings (SSSR count). The summed E-state index contributed by atoms with van der Waals surface area (Å²) in [6, 6.07) is 17.1. The Morgan fingerprint density at radius 3 is 2.36 bits per heavy atom. The second-order valence-corrected chi connectivity index (χ2v) is 11.9. The first-order chi connectivity index (χ1) is 21.3. The molecule has 2 fully saturated rings. The molecule has 10 heteroatoms. The molecule has 44 heavy (non-hydrogen) atoms. The average Bonchev–Trinajstić information content (AvgIpc) is 3.03. The number of carbonyl (C=O) groups is 2. The summed E-state index contributed by atoms with van der Waals surface area (Å²) in [6.07, 6.45) is 4.63. The summed E-state index contributed by atoms with van der Waals surface area (Å²) in [6.45, 7) is 8.25. The number of hydrogen-bond acceptors (Lipinski definition) is 6. The number of likely N-dealkylation sites (tertiary alicyclic amines) is 1. The van der Waals surface area contributed by atoms with Crippen LogP contribution in [0.2, 0.25) is 5.02 Å². The van der Waals surface area contributed by atoms with Gasteiger partial charge >= 0.3 is 0 Å². The minimum absolute atomic E-state index is 0.132. The van der Waals surface area contributed by atoms with Crippen molar-refractivity contribution in [1.82, 2.24) is 9.80 Å². The van der Waals surface area contributed by atoms with Crippen LogP contribution in [0.15, 0.2) is 60.7 Å². The lowest BCUT2D eigenvalue weighted by atomic mass is 10.00. The van der Waals surface area contributed by atoms with Crippen molar-refractivity contribution in [3.63, 3.8) is 0 Å². The molecule has 1 atom stereocenters. The van der Waals surface area contributed by atoms with Crippen molar-refractivity contribution >= 4 is 40.5 Å². The van der Waals surface area contributed by atoms with Gasteiger partial charge in [0.15, 0.2) is 0 Å². The van der Waals surface area contributed by atoms with Gasteiger partial charge in [0.1, 0.15) is 11.6 Å². The molecule has 8 nitrogen and oxygen atoms in total. The lowest BCUT2D eigenvalue weighted by Gasteiger charge is -2.35. The number of likely N-dealkylation sites (N-methyl/N-ethyl adjacent to an activating group) is 1. The van der Waals surface area contributed by atoms with Crippen LogP contribution in [-0.2, 0) is 0 Å². The van der Waals surface area contributed by atoms with Gasteiger partial charge in [-0.05, 0) is 87.9 Å². The number of para-hydroxylation sites is 2. The first-order valence-electron chi connectivity index (χ1n) is 15.4. The molecule has 2 saturated heterocycles. The normalized spacial score (nSPS) is 17.7. The van der Waals surface area contributed by atoms with Crippen molar-refractivity contribution < 1.29 is 18.7 Å². The number of ether oxygens (including phenoxy) is 1. The lowest BCUT2D eigenvalue weighted by molar-refractivity contribution is 0.101. The smallest absolute Gasteiger partial charge is 0.255 e. The number of hydrogen-bond donors (Lipinski definition) is 2. The third-order valence-corrected chi connectivity index (χ3v) is 8.82. The summed E-state index contributed by atoms with van der Waals surface area (Å²) in [5.41, 5.74) is 2.49. The fraction of sp³-hybridized carbons (Fsp3) is 0.412. The van der Waals surface area contributed by atoms with Crippen LogP contribution >= 0.6 is 11.6 Å². The van der Waals surface area contributed by atoms with Crippen molar-refractivity contribution in [3.8, 4) is 5.75 Å². The predicted octanol–water partition coefficient (Wildman–Crippen LogP) is 6.38. The largest absolute Gasteiger partial charge is 0.491 e. The summed E-state index contributed by atoms with van der Waals surface area (Å²) in [5, 5.41) is 5.80. The monoisotopic (exact) mass is 621 g/mol. The van der Waals surface area contributed by atoms with Crippen molar-refractivity contribution in [2.45, 2.75) is 38.6 Å². The highest BCUT2D eigenvalue weighted by Crippen LogP contribution is 2.31. The number of piperidine rings is 1. The van der Waals surface area contributed by atoms with Crippen molar-refractivity contribution in [1.29, 1.82) is 0 Å². The maximum Gasteiger partial charge on any atom is 0.255 e. The first kappa shape index (κ1) is 31.8. The van der Waals surface area contributed by atoms with Crippen LogP contribution in [0, 0.1) is 5.82 Å². The van der Waals surface area contributed by atoms with Crippen molar-refractivity contribution in [3.05, 3.63) is 82.6 Å². The number of nitrogens with one attached hydrogen (secondary N) is 2. The van der Waals surface area contributed by atoms with E-state index in [0.717, 1.165) is 57.4 Å². The fourth-order valence-corrected chi connectivity index (χ4v) is 6.11. The number of nitrogens with zero attached hydrogens (tertiary/aromatic N) is 3. The molecule has 2 aliphatic rings. The van der Waals surface area contributed by atoms with Gasteiger partial charge in [0.2, 0.25) is 0 Å². The first-order valence-corrected chi connectivity index (χ1v) is 15.8. The van der Waals surface area contributed by atoms with Crippen LogP contribution < -0.4 is 20.3 Å². The third-order valence-electron chi connectivity index (χ3n) is 8.53. The van der Waals surface area contributed by atoms with Crippen LogP contribution in [-0.4, -0.2) is 80.6 Å². The maximum absolute atomic E-state index is 13.7. The zero-order valence-corrected chi connectivity index (χ0v) is 26.2. The SMILES string of the molecule is CCN1CCCC[C@@H]1CCOc1ccccc1NC(=O)c1ccc(N2CCN(C)CC2)c(NC(=O)c2ccc(F)c(Cl)c2)c1. The van der Waals surface area contributed by atoms with Crippen LogP contribution in [0.1, 0.15) is 53.3 Å². The predicted molar refractivity (Wildman–Crippen MR) is 175 cm³/mol. The number of carbonyl (C=O) groups excluding carboxylic acids is 2. The van der Waals surface area contributed by atoms with Crippen LogP contribution in [0.3, 0.4) is 0 Å². The summed E-state index contributed by atoms with van der Waals surface area (Å²) in [4.78, 5) is 33.7. The van der Waals surface area contributed by atoms with E-state index < -0.39 is 11.7 Å². The highest BCUT2D eigenvalue weighted by molar-refractivity contribution is 6.31. The minimum Gasteiger partial charge on any atom is -0.491 e. The molecule has 2 N–H and O–H groups in total. The molecular weight excluding hydrogens is 581 g/mol. The van der Waals surface area contributed by atoms with E-state index in [4.69, 9.17) is 16.3 Å². The van der Waals surface area contributed by atoms with E-state index in [1.165, 1.54) is 31.4 Å². The molecule has 2 amide bonds. The topological polar surface area (TPSA) is 77.2 Å². The lowest BCUT2D eigenvalue weighted by Crippen LogP contribution is -2.44. The molecule has 0 bridgehead atoms. The number of piperazine rings is 1. The van der Waals surface area contributed by atoms with Gasteiger partial charge < -0.3 is 30.1 Å². The molecule has 0 saturated carbocycles. The van der Waals surface area contributed by atoms with E-state index in [1.807, 2.05) is 30.3 Å². The molecule has 2 heterocycles. The number of halogens is 2. The number of anilines is 3. The Labute approximate surface area is 264 Å². The van der Waals surface area contributed by atoms with E-state index in [-0.39, 0.29) is 16.5 Å². The molecule has 0 aromatic heterocycles. The maximum atomic E-state index is 13.7. The molecule has 2 aliphatic heterocycles. The Kier molecular flexibility index (Phi) is 10.7. The summed E-state index contributed by atoms with van der Waals surface area (Å²) < 4.78 is 19.9. The molecule has 0 aliphatic carbocycles. The van der Waals surface area contributed by atoms with Gasteiger partial charge in [0.25, 0.3) is 11.8 Å². The van der Waals surface area contributed by atoms with Gasteiger partial charge in [-0.3, -0.25) is 9.59 Å². The van der Waals surface area contributed by atoms with E-state index >= 15 is 0 Å². The van der Waals surface area contributed by atoms with Crippen LogP contribution in [0.25, 0.3) is 0 Å². The Bertz CT molecular complexity index is 1460. The molecule has 234 valence electrons. The van der Waals surface area contributed by atoms with Gasteiger partial charge in [-0.2, -0.15) is 0 Å². The molecule has 0 unspecified atom stereocenters. The van der Waals surface area contributed by atoms with Crippen LogP contribution in [0.4, 0.5) is 21.5 Å². The zero-order chi connectivity index (χ0) is 31.1. The Morgan fingerprint density at radius 2 is 1.61 bits per heavy atom. The quantitative estimate of drug-likeness (QED) is 0.274. The Morgan fingerprint density at radius 1 is 0.909 bits per heavy atom. The second kappa shape index (κ2) is 14.9. The van der Waals surface area contributed by atoms with E-state index in [1.54, 1.807) is 12.1 Å². The van der Waals surface area contributed by atoms with E-state index in [0.29, 0.717) is 35.3 Å². The third kappa shape index (κ3) is 7.88. The van der Waals surface area contributed by atoms with Gasteiger partial charge in [0.05, 0.1) is 28.7 Å². The molecule has 0 radical (unpaired) electrons. The Hall–Kier alpha value is -3.66. The highest BCUT2D eigenvalue weighted by Gasteiger charge is 2.23. The molecule has 3 aromatic rings. The molecular formula is C34H41ClFN5O3. The van der Waals surface area contributed by atoms with Crippen molar-refractivity contribution in [2.24, 2.45) is 0 Å². The second-order valence-electron chi connectivity index (χ2n) is 11.5. The number of amides is 2. The van der Waals surface area contributed by atoms with E-state index in [2.05, 4.69) is 39.3 Å².